The zero-order valence-corrected chi connectivity index (χ0v) is 12.2. The van der Waals surface area contributed by atoms with Crippen LogP contribution in [0.25, 0.3) is 0 Å². The van der Waals surface area contributed by atoms with E-state index in [1.165, 1.54) is 20.1 Å². The van der Waals surface area contributed by atoms with E-state index >= 15 is 0 Å². The molecule has 0 spiro atoms. The molecular weight excluding hydrogens is 367 g/mol. The number of hydrogen-bond acceptors (Lipinski definition) is 6. The van der Waals surface area contributed by atoms with Gasteiger partial charge in [-0.3, -0.25) is 10.1 Å². The van der Waals surface area contributed by atoms with Gasteiger partial charge < -0.3 is 9.47 Å². The minimum Gasteiger partial charge on any atom is -0.471 e. The number of methoxy groups -OCH3 is 1. The number of benzene rings is 1. The van der Waals surface area contributed by atoms with E-state index in [0.717, 1.165) is 6.07 Å². The number of carbonyl (C=O) groups excluding carboxylic acids is 1. The van der Waals surface area contributed by atoms with Crippen molar-refractivity contribution in [3.8, 4) is 11.8 Å². The summed E-state index contributed by atoms with van der Waals surface area (Å²) in [4.78, 5) is 21.6. The summed E-state index contributed by atoms with van der Waals surface area (Å²) in [5, 5.41) is 19.7. The summed E-state index contributed by atoms with van der Waals surface area (Å²) in [7, 11) is 1.19. The van der Waals surface area contributed by atoms with Crippen LogP contribution in [0, 0.1) is 25.0 Å². The maximum atomic E-state index is 11.3. The summed E-state index contributed by atoms with van der Waals surface area (Å²) in [6, 6.07) is 4.36. The van der Waals surface area contributed by atoms with Crippen LogP contribution >= 0.6 is 22.6 Å². The Bertz CT molecular complexity index is 567. The van der Waals surface area contributed by atoms with Gasteiger partial charge in [0.1, 0.15) is 0 Å². The first-order chi connectivity index (χ1) is 8.90. The van der Waals surface area contributed by atoms with Crippen LogP contribution in [-0.2, 0) is 9.53 Å². The fraction of sp³-hybridized carbons (Fsp3) is 0.273. The van der Waals surface area contributed by atoms with Crippen LogP contribution in [0.4, 0.5) is 5.69 Å². The topological polar surface area (TPSA) is 102 Å². The molecule has 0 saturated carbocycles. The van der Waals surface area contributed by atoms with Gasteiger partial charge in [0.25, 0.3) is 0 Å². The second-order valence-electron chi connectivity index (χ2n) is 3.46. The van der Waals surface area contributed by atoms with Crippen molar-refractivity contribution in [1.82, 2.24) is 0 Å². The van der Waals surface area contributed by atoms with Crippen molar-refractivity contribution >= 4 is 34.2 Å². The lowest BCUT2D eigenvalue weighted by Crippen LogP contribution is -2.25. The van der Waals surface area contributed by atoms with E-state index in [-0.39, 0.29) is 17.0 Å². The third-order valence-corrected chi connectivity index (χ3v) is 2.98. The largest absolute Gasteiger partial charge is 0.471 e. The molecule has 0 aliphatic carbocycles. The van der Waals surface area contributed by atoms with Gasteiger partial charge in [-0.1, -0.05) is 0 Å². The number of nitro benzene ring substituents is 1. The molecule has 1 rings (SSSR count). The highest BCUT2D eigenvalue weighted by Crippen LogP contribution is 2.34. The van der Waals surface area contributed by atoms with Crippen molar-refractivity contribution < 1.29 is 19.2 Å². The number of esters is 1. The molecule has 1 atom stereocenters. The van der Waals surface area contributed by atoms with Crippen LogP contribution in [0.15, 0.2) is 12.1 Å². The molecule has 0 bridgehead atoms. The van der Waals surface area contributed by atoms with Gasteiger partial charge in [0.05, 0.1) is 27.2 Å². The molecule has 0 aliphatic heterocycles. The van der Waals surface area contributed by atoms with Crippen LogP contribution in [0.2, 0.25) is 0 Å². The quantitative estimate of drug-likeness (QED) is 0.345. The number of hydrogen-bond donors (Lipinski definition) is 0. The zero-order valence-electron chi connectivity index (χ0n) is 10.0. The normalized spacial score (nSPS) is 11.3. The summed E-state index contributed by atoms with van der Waals surface area (Å²) in [5.41, 5.74) is -0.214. The fourth-order valence-electron chi connectivity index (χ4n) is 1.29. The molecule has 19 heavy (non-hydrogen) atoms. The number of carbonyl (C=O) groups is 1. The summed E-state index contributed by atoms with van der Waals surface area (Å²) < 4.78 is 10.1. The first-order valence-electron chi connectivity index (χ1n) is 5.03. The Kier molecular flexibility index (Phi) is 5.05. The molecule has 0 radical (unpaired) electrons. The van der Waals surface area contributed by atoms with E-state index in [0.29, 0.717) is 3.57 Å². The number of nitro groups is 1. The molecule has 8 heteroatoms. The zero-order chi connectivity index (χ0) is 14.6. The standard InChI is InChI=1S/C11H9IN2O5/c1-6(11(15)18-2)19-10-8(12)3-7(5-13)4-9(10)14(16)17/h3-4,6H,1-2H3/t6-/m0/s1. The summed E-state index contributed by atoms with van der Waals surface area (Å²) in [5.74, 6) is -0.697. The summed E-state index contributed by atoms with van der Waals surface area (Å²) in [6.45, 7) is 1.42. The van der Waals surface area contributed by atoms with Gasteiger partial charge in [0.15, 0.2) is 6.10 Å². The smallest absolute Gasteiger partial charge is 0.346 e. The third kappa shape index (κ3) is 3.54. The molecule has 0 heterocycles. The second-order valence-corrected chi connectivity index (χ2v) is 4.62. The van der Waals surface area contributed by atoms with Crippen molar-refractivity contribution in [2.24, 2.45) is 0 Å². The van der Waals surface area contributed by atoms with E-state index in [4.69, 9.17) is 10.00 Å². The maximum absolute atomic E-state index is 11.3. The van der Waals surface area contributed by atoms with Crippen LogP contribution in [0.1, 0.15) is 12.5 Å². The van der Waals surface area contributed by atoms with Crippen molar-refractivity contribution in [1.29, 1.82) is 5.26 Å². The fourth-order valence-corrected chi connectivity index (χ4v) is 2.03. The number of nitrogens with zero attached hydrogens (tertiary/aromatic N) is 2. The van der Waals surface area contributed by atoms with Gasteiger partial charge in [-0.2, -0.15) is 5.26 Å². The predicted molar refractivity (Wildman–Crippen MR) is 72.6 cm³/mol. The molecule has 0 unspecified atom stereocenters. The van der Waals surface area contributed by atoms with Crippen molar-refractivity contribution in [3.05, 3.63) is 31.4 Å². The first kappa shape index (κ1) is 15.2. The molecule has 0 aliphatic rings. The second kappa shape index (κ2) is 6.33. The molecule has 0 N–H and O–H groups in total. The number of ether oxygens (including phenoxy) is 2. The van der Waals surface area contributed by atoms with Gasteiger partial charge in [0, 0.05) is 6.07 Å². The van der Waals surface area contributed by atoms with Crippen molar-refractivity contribution in [2.45, 2.75) is 13.0 Å². The molecular formula is C11H9IN2O5. The Morgan fingerprint density at radius 2 is 2.21 bits per heavy atom. The summed E-state index contributed by atoms with van der Waals surface area (Å²) >= 11 is 1.80. The van der Waals surface area contributed by atoms with E-state index in [2.05, 4.69) is 4.74 Å². The van der Waals surface area contributed by atoms with Crippen LogP contribution in [0.3, 0.4) is 0 Å². The Balaban J connectivity index is 3.23. The Hall–Kier alpha value is -1.89. The molecule has 0 aromatic heterocycles. The van der Waals surface area contributed by atoms with E-state index < -0.39 is 17.0 Å². The number of nitriles is 1. The average molecular weight is 376 g/mol. The Morgan fingerprint density at radius 1 is 1.58 bits per heavy atom. The molecule has 0 saturated heterocycles. The minimum atomic E-state index is -0.981. The van der Waals surface area contributed by atoms with Crippen LogP contribution in [-0.4, -0.2) is 24.1 Å². The lowest BCUT2D eigenvalue weighted by molar-refractivity contribution is -0.386. The maximum Gasteiger partial charge on any atom is 0.346 e. The van der Waals surface area contributed by atoms with E-state index in [1.54, 1.807) is 22.6 Å². The predicted octanol–water partition coefficient (Wildman–Crippen LogP) is 2.01. The lowest BCUT2D eigenvalue weighted by atomic mass is 10.2. The number of rotatable bonds is 4. The molecule has 7 nitrogen and oxygen atoms in total. The summed E-state index contributed by atoms with van der Waals surface area (Å²) in [6.07, 6.45) is -0.981. The minimum absolute atomic E-state index is 0.0532. The highest BCUT2D eigenvalue weighted by atomic mass is 127. The highest BCUT2D eigenvalue weighted by Gasteiger charge is 2.25. The van der Waals surface area contributed by atoms with Crippen LogP contribution in [0.5, 0.6) is 5.75 Å². The first-order valence-corrected chi connectivity index (χ1v) is 6.11. The van der Waals surface area contributed by atoms with E-state index in [9.17, 15) is 14.9 Å². The molecule has 1 aromatic rings. The van der Waals surface area contributed by atoms with Gasteiger partial charge in [-0.25, -0.2) is 4.79 Å². The SMILES string of the molecule is COC(=O)[C@H](C)Oc1c(I)cc(C#N)cc1[N+](=O)[O-]. The van der Waals surface area contributed by atoms with Gasteiger partial charge in [-0.05, 0) is 35.6 Å². The Morgan fingerprint density at radius 3 is 2.68 bits per heavy atom. The van der Waals surface area contributed by atoms with Crippen molar-refractivity contribution in [3.63, 3.8) is 0 Å². The molecule has 0 fully saturated rings. The van der Waals surface area contributed by atoms with Crippen LogP contribution < -0.4 is 4.74 Å². The lowest BCUT2D eigenvalue weighted by Gasteiger charge is -2.13. The Labute approximate surface area is 122 Å². The van der Waals surface area contributed by atoms with Crippen molar-refractivity contribution in [2.75, 3.05) is 7.11 Å². The molecule has 100 valence electrons. The monoisotopic (exact) mass is 376 g/mol. The van der Waals surface area contributed by atoms with E-state index in [1.807, 2.05) is 6.07 Å². The molecule has 1 aromatic carbocycles. The highest BCUT2D eigenvalue weighted by molar-refractivity contribution is 14.1. The van der Waals surface area contributed by atoms with Gasteiger partial charge >= 0.3 is 11.7 Å². The third-order valence-electron chi connectivity index (χ3n) is 2.18. The van der Waals surface area contributed by atoms with Gasteiger partial charge in [0.2, 0.25) is 5.75 Å². The average Bonchev–Trinajstić information content (AvgIpc) is 2.39. The molecule has 0 amide bonds. The van der Waals surface area contributed by atoms with Gasteiger partial charge in [-0.15, -0.1) is 0 Å². The number of halogens is 1.